The molecule has 1 aliphatic carbocycles. The number of allylic oxidation sites excluding steroid dienone is 3. The highest BCUT2D eigenvalue weighted by molar-refractivity contribution is 5.74. The van der Waals surface area contributed by atoms with Crippen molar-refractivity contribution in [2.75, 3.05) is 0 Å². The van der Waals surface area contributed by atoms with Gasteiger partial charge in [0.25, 0.3) is 0 Å². The lowest BCUT2D eigenvalue weighted by Gasteiger charge is -2.44. The Morgan fingerprint density at radius 2 is 1.96 bits per heavy atom. The summed E-state index contributed by atoms with van der Waals surface area (Å²) in [5.41, 5.74) is 2.74. The van der Waals surface area contributed by atoms with Gasteiger partial charge in [-0.25, -0.2) is 4.79 Å². The summed E-state index contributed by atoms with van der Waals surface area (Å²) in [5, 5.41) is 0. The fourth-order valence-electron chi connectivity index (χ4n) is 4.82. The highest BCUT2D eigenvalue weighted by atomic mass is 16.6. The third-order valence-electron chi connectivity index (χ3n) is 6.17. The molecule has 0 spiro atoms. The molecule has 0 saturated heterocycles. The zero-order valence-corrected chi connectivity index (χ0v) is 17.4. The molecule has 0 saturated carbocycles. The van der Waals surface area contributed by atoms with Gasteiger partial charge in [-0.3, -0.25) is 4.90 Å². The van der Waals surface area contributed by atoms with E-state index in [1.54, 1.807) is 0 Å². The van der Waals surface area contributed by atoms with E-state index >= 15 is 0 Å². The van der Waals surface area contributed by atoms with Crippen LogP contribution in [-0.4, -0.2) is 17.0 Å². The molecule has 2 aliphatic rings. The monoisotopic (exact) mass is 381 g/mol. The Balaban J connectivity index is 1.84. The van der Waals surface area contributed by atoms with Crippen LogP contribution in [0.15, 0.2) is 54.3 Å². The molecule has 152 valence electrons. The van der Waals surface area contributed by atoms with Crippen LogP contribution < -0.4 is 4.74 Å². The Morgan fingerprint density at radius 3 is 2.71 bits per heavy atom. The maximum atomic E-state index is 13.2. The van der Waals surface area contributed by atoms with Gasteiger partial charge in [0.2, 0.25) is 0 Å². The summed E-state index contributed by atoms with van der Waals surface area (Å²) >= 11 is 0. The second kappa shape index (κ2) is 10.5. The van der Waals surface area contributed by atoms with Crippen LogP contribution in [0.25, 0.3) is 0 Å². The minimum Gasteiger partial charge on any atom is -0.410 e. The van der Waals surface area contributed by atoms with Crippen molar-refractivity contribution >= 4 is 6.09 Å². The van der Waals surface area contributed by atoms with Crippen LogP contribution in [0.2, 0.25) is 0 Å². The number of amides is 1. The number of rotatable bonds is 8. The van der Waals surface area contributed by atoms with Gasteiger partial charge in [0, 0.05) is 11.7 Å². The van der Waals surface area contributed by atoms with Crippen molar-refractivity contribution in [2.45, 2.75) is 83.6 Å². The lowest BCUT2D eigenvalue weighted by molar-refractivity contribution is 0.123. The summed E-state index contributed by atoms with van der Waals surface area (Å²) in [5.74, 6) is 1.17. The first-order valence-corrected chi connectivity index (χ1v) is 11.1. The Bertz CT molecular complexity index is 679. The number of ether oxygens (including phenoxy) is 1. The summed E-state index contributed by atoms with van der Waals surface area (Å²) in [6.07, 6.45) is 14.4. The molecule has 1 aliphatic heterocycles. The van der Waals surface area contributed by atoms with Gasteiger partial charge in [0.1, 0.15) is 5.75 Å². The predicted octanol–water partition coefficient (Wildman–Crippen LogP) is 7.25. The van der Waals surface area contributed by atoms with Gasteiger partial charge in [0.05, 0.1) is 0 Å². The molecule has 1 aromatic carbocycles. The lowest BCUT2D eigenvalue weighted by Crippen LogP contribution is -2.47. The van der Waals surface area contributed by atoms with Crippen molar-refractivity contribution in [2.24, 2.45) is 5.92 Å². The van der Waals surface area contributed by atoms with E-state index in [1.165, 1.54) is 43.4 Å². The van der Waals surface area contributed by atoms with Gasteiger partial charge in [-0.2, -0.15) is 0 Å². The van der Waals surface area contributed by atoms with Crippen molar-refractivity contribution in [1.82, 2.24) is 4.90 Å². The van der Waals surface area contributed by atoms with Crippen molar-refractivity contribution in [1.29, 1.82) is 0 Å². The average Bonchev–Trinajstić information content (AvgIpc) is 2.72. The molecule has 1 unspecified atom stereocenters. The van der Waals surface area contributed by atoms with Crippen LogP contribution in [0.5, 0.6) is 5.75 Å². The molecular weight excluding hydrogens is 346 g/mol. The topological polar surface area (TPSA) is 29.5 Å². The van der Waals surface area contributed by atoms with Crippen molar-refractivity contribution in [3.63, 3.8) is 0 Å². The maximum absolute atomic E-state index is 13.2. The first kappa shape index (κ1) is 20.7. The predicted molar refractivity (Wildman–Crippen MR) is 115 cm³/mol. The Morgan fingerprint density at radius 1 is 1.18 bits per heavy atom. The normalized spacial score (nSPS) is 22.0. The van der Waals surface area contributed by atoms with Crippen molar-refractivity contribution in [3.8, 4) is 5.75 Å². The number of nitrogens with zero attached hydrogens (tertiary/aromatic N) is 1. The van der Waals surface area contributed by atoms with Crippen LogP contribution in [-0.2, 0) is 0 Å². The number of hydrogen-bond donors (Lipinski definition) is 0. The zero-order valence-electron chi connectivity index (χ0n) is 17.4. The molecule has 0 N–H and O–H groups in total. The summed E-state index contributed by atoms with van der Waals surface area (Å²) in [6, 6.07) is 9.72. The van der Waals surface area contributed by atoms with E-state index in [9.17, 15) is 4.79 Å². The minimum atomic E-state index is -0.196. The van der Waals surface area contributed by atoms with Crippen LogP contribution in [0.3, 0.4) is 0 Å². The number of hydrogen-bond acceptors (Lipinski definition) is 2. The molecule has 1 amide bonds. The molecule has 0 bridgehead atoms. The SMILES string of the molecule is C=CCC1C[C@@H](CCCCCC)N(C(=O)Oc2ccccc2)C2=C1CCCC2. The fraction of sp³-hybridized carbons (Fsp3) is 0.560. The lowest BCUT2D eigenvalue weighted by atomic mass is 9.76. The van der Waals surface area contributed by atoms with Crippen molar-refractivity contribution in [3.05, 3.63) is 54.3 Å². The zero-order chi connectivity index (χ0) is 19.8. The Hall–Kier alpha value is -2.03. The standard InChI is InChI=1S/C25H35NO2/c1-3-5-6-8-14-21-19-20(13-4-2)23-17-11-12-18-24(23)26(21)25(27)28-22-15-9-7-10-16-22/h4,7,9-10,15-16,20-21H,2-3,5-6,8,11-14,17-19H2,1H3/t20?,21-/m1/s1. The number of para-hydroxylation sites is 1. The molecule has 3 rings (SSSR count). The van der Waals surface area contributed by atoms with Gasteiger partial charge >= 0.3 is 6.09 Å². The first-order valence-electron chi connectivity index (χ1n) is 11.1. The van der Waals surface area contributed by atoms with Gasteiger partial charge in [-0.1, -0.05) is 56.9 Å². The molecule has 3 heteroatoms. The Labute approximate surface area is 170 Å². The molecule has 3 nitrogen and oxygen atoms in total. The molecule has 2 atom stereocenters. The highest BCUT2D eigenvalue weighted by Gasteiger charge is 2.38. The molecule has 28 heavy (non-hydrogen) atoms. The summed E-state index contributed by atoms with van der Waals surface area (Å²) in [4.78, 5) is 15.3. The number of carbonyl (C=O) groups excluding carboxylic acids is 1. The number of benzene rings is 1. The summed E-state index contributed by atoms with van der Waals surface area (Å²) in [6.45, 7) is 6.23. The smallest absolute Gasteiger partial charge is 0.410 e. The van der Waals surface area contributed by atoms with Crippen LogP contribution >= 0.6 is 0 Å². The minimum absolute atomic E-state index is 0.196. The molecule has 0 radical (unpaired) electrons. The third-order valence-corrected chi connectivity index (χ3v) is 6.17. The number of unbranched alkanes of at least 4 members (excludes halogenated alkanes) is 3. The van der Waals surface area contributed by atoms with Gasteiger partial charge in [0.15, 0.2) is 0 Å². The van der Waals surface area contributed by atoms with E-state index in [2.05, 4.69) is 19.6 Å². The molecule has 0 aromatic heterocycles. The molecule has 1 heterocycles. The largest absolute Gasteiger partial charge is 0.419 e. The number of carbonyl (C=O) groups is 1. The molecule has 0 fully saturated rings. The van der Waals surface area contributed by atoms with Gasteiger partial charge < -0.3 is 4.74 Å². The summed E-state index contributed by atoms with van der Waals surface area (Å²) in [7, 11) is 0. The summed E-state index contributed by atoms with van der Waals surface area (Å²) < 4.78 is 5.79. The average molecular weight is 382 g/mol. The van der Waals surface area contributed by atoms with E-state index in [0.717, 1.165) is 38.5 Å². The molecule has 1 aromatic rings. The quantitative estimate of drug-likeness (QED) is 0.350. The van der Waals surface area contributed by atoms with Gasteiger partial charge in [-0.05, 0) is 68.6 Å². The van der Waals surface area contributed by atoms with E-state index in [-0.39, 0.29) is 12.1 Å². The van der Waals surface area contributed by atoms with Gasteiger partial charge in [-0.15, -0.1) is 6.58 Å². The van der Waals surface area contributed by atoms with Crippen LogP contribution in [0, 0.1) is 5.92 Å². The van der Waals surface area contributed by atoms with E-state index in [4.69, 9.17) is 4.74 Å². The van der Waals surface area contributed by atoms with Crippen LogP contribution in [0.4, 0.5) is 4.79 Å². The second-order valence-corrected chi connectivity index (χ2v) is 8.19. The highest BCUT2D eigenvalue weighted by Crippen LogP contribution is 2.43. The van der Waals surface area contributed by atoms with Crippen LogP contribution in [0.1, 0.15) is 77.6 Å². The maximum Gasteiger partial charge on any atom is 0.419 e. The second-order valence-electron chi connectivity index (χ2n) is 8.19. The first-order chi connectivity index (χ1) is 13.7. The Kier molecular flexibility index (Phi) is 7.76. The van der Waals surface area contributed by atoms with E-state index in [1.807, 2.05) is 35.2 Å². The fourth-order valence-corrected chi connectivity index (χ4v) is 4.82. The van der Waals surface area contributed by atoms with E-state index in [0.29, 0.717) is 11.7 Å². The molecular formula is C25H35NO2. The van der Waals surface area contributed by atoms with Crippen molar-refractivity contribution < 1.29 is 9.53 Å². The third kappa shape index (κ3) is 5.06. The van der Waals surface area contributed by atoms with E-state index < -0.39 is 0 Å².